The highest BCUT2D eigenvalue weighted by Gasteiger charge is 2.14. The molecule has 3 N–H and O–H groups in total. The maximum atomic E-state index is 11.3. The number of nitrogens with two attached hydrogens (primary N) is 1. The van der Waals surface area contributed by atoms with Crippen LogP contribution in [0.2, 0.25) is 0 Å². The maximum Gasteiger partial charge on any atom is 0.269 e. The Kier molecular flexibility index (Phi) is 2.78. The van der Waals surface area contributed by atoms with Crippen molar-refractivity contribution in [3.8, 4) is 0 Å². The molecule has 0 saturated heterocycles. The number of primary amides is 1. The first kappa shape index (κ1) is 11.1. The number of aromatic nitrogens is 2. The second kappa shape index (κ2) is 4.25. The van der Waals surface area contributed by atoms with Crippen LogP contribution in [0.25, 0.3) is 10.9 Å². The molecule has 0 atom stereocenters. The maximum absolute atomic E-state index is 11.3. The van der Waals surface area contributed by atoms with Gasteiger partial charge in [0, 0.05) is 18.1 Å². The van der Waals surface area contributed by atoms with Crippen molar-refractivity contribution in [2.24, 2.45) is 5.73 Å². The van der Waals surface area contributed by atoms with E-state index in [4.69, 9.17) is 5.73 Å². The van der Waals surface area contributed by atoms with E-state index in [1.807, 2.05) is 6.07 Å². The summed E-state index contributed by atoms with van der Waals surface area (Å²) in [6.45, 7) is 0.0999. The fourth-order valence-electron chi connectivity index (χ4n) is 1.73. The van der Waals surface area contributed by atoms with Gasteiger partial charge in [-0.15, -0.1) is 0 Å². The third-order valence-corrected chi connectivity index (χ3v) is 2.52. The molecule has 0 radical (unpaired) electrons. The van der Waals surface area contributed by atoms with Gasteiger partial charge in [0.15, 0.2) is 5.69 Å². The number of benzene rings is 1. The lowest BCUT2D eigenvalue weighted by Gasteiger charge is -2.00. The number of amides is 1. The lowest BCUT2D eigenvalue weighted by atomic mass is 10.2. The lowest BCUT2D eigenvalue weighted by Crippen LogP contribution is -2.13. The van der Waals surface area contributed by atoms with E-state index in [1.165, 1.54) is 4.68 Å². The third-order valence-electron chi connectivity index (χ3n) is 2.52. The molecular formula is C11H12N4O2. The monoisotopic (exact) mass is 232 g/mol. The van der Waals surface area contributed by atoms with Crippen LogP contribution in [0.4, 0.5) is 5.69 Å². The molecule has 0 bridgehead atoms. The van der Waals surface area contributed by atoms with Crippen LogP contribution in [-0.2, 0) is 11.3 Å². The minimum atomic E-state index is -0.604. The summed E-state index contributed by atoms with van der Waals surface area (Å²) in [7, 11) is 1.78. The molecule has 6 heteroatoms. The van der Waals surface area contributed by atoms with Crippen LogP contribution in [0.15, 0.2) is 18.2 Å². The zero-order valence-electron chi connectivity index (χ0n) is 9.30. The van der Waals surface area contributed by atoms with Gasteiger partial charge in [0.05, 0.1) is 12.1 Å². The van der Waals surface area contributed by atoms with E-state index in [2.05, 4.69) is 10.4 Å². The third kappa shape index (κ3) is 1.84. The van der Waals surface area contributed by atoms with Gasteiger partial charge in [-0.25, -0.2) is 0 Å². The van der Waals surface area contributed by atoms with E-state index in [9.17, 15) is 9.59 Å². The number of hydrogen-bond acceptors (Lipinski definition) is 4. The molecule has 17 heavy (non-hydrogen) atoms. The summed E-state index contributed by atoms with van der Waals surface area (Å²) >= 11 is 0. The van der Waals surface area contributed by atoms with Crippen LogP contribution < -0.4 is 11.1 Å². The quantitative estimate of drug-likeness (QED) is 0.745. The van der Waals surface area contributed by atoms with Crippen LogP contribution in [0, 0.1) is 0 Å². The van der Waals surface area contributed by atoms with Crippen LogP contribution in [0.1, 0.15) is 10.5 Å². The molecule has 88 valence electrons. The number of carbonyl (C=O) groups excluding carboxylic acids is 2. The van der Waals surface area contributed by atoms with Gasteiger partial charge in [-0.3, -0.25) is 9.48 Å². The van der Waals surface area contributed by atoms with Gasteiger partial charge in [-0.1, -0.05) is 0 Å². The summed E-state index contributed by atoms with van der Waals surface area (Å²) in [5.74, 6) is -0.604. The minimum Gasteiger partial charge on any atom is -0.388 e. The highest BCUT2D eigenvalue weighted by atomic mass is 16.1. The fourth-order valence-corrected chi connectivity index (χ4v) is 1.73. The predicted octanol–water partition coefficient (Wildman–Crippen LogP) is 0.376. The van der Waals surface area contributed by atoms with Crippen LogP contribution in [0.5, 0.6) is 0 Å². The molecule has 0 spiro atoms. The van der Waals surface area contributed by atoms with E-state index >= 15 is 0 Å². The van der Waals surface area contributed by atoms with Gasteiger partial charge in [0.1, 0.15) is 6.29 Å². The van der Waals surface area contributed by atoms with Crippen LogP contribution >= 0.6 is 0 Å². The Bertz CT molecular complexity index is 588. The smallest absolute Gasteiger partial charge is 0.269 e. The van der Waals surface area contributed by atoms with Gasteiger partial charge in [-0.2, -0.15) is 5.10 Å². The molecule has 2 rings (SSSR count). The molecular weight excluding hydrogens is 220 g/mol. The number of nitrogens with one attached hydrogen (secondary N) is 1. The molecule has 2 aromatic rings. The van der Waals surface area contributed by atoms with Crippen LogP contribution in [-0.4, -0.2) is 29.0 Å². The zero-order valence-corrected chi connectivity index (χ0v) is 9.30. The van der Waals surface area contributed by atoms with Crippen molar-refractivity contribution in [1.82, 2.24) is 9.78 Å². The molecule has 1 amide bonds. The van der Waals surface area contributed by atoms with E-state index in [0.717, 1.165) is 12.0 Å². The van der Waals surface area contributed by atoms with Gasteiger partial charge >= 0.3 is 0 Å². The largest absolute Gasteiger partial charge is 0.388 e. The highest BCUT2D eigenvalue weighted by Crippen LogP contribution is 2.22. The standard InChI is InChI=1S/C11H12N4O2/c1-13-7-2-3-9-8(6-7)10(11(12)17)14-15(9)4-5-16/h2-3,5-6,13H,4H2,1H3,(H2,12,17). The first-order chi connectivity index (χ1) is 8.17. The topological polar surface area (TPSA) is 90.0 Å². The molecule has 0 aliphatic heterocycles. The number of nitrogens with zero attached hydrogens (tertiary/aromatic N) is 2. The van der Waals surface area contributed by atoms with Crippen molar-refractivity contribution >= 4 is 28.8 Å². The van der Waals surface area contributed by atoms with E-state index < -0.39 is 5.91 Å². The van der Waals surface area contributed by atoms with Gasteiger partial charge in [0.2, 0.25) is 0 Å². The lowest BCUT2D eigenvalue weighted by molar-refractivity contribution is -0.108. The number of fused-ring (bicyclic) bond motifs is 1. The number of rotatable bonds is 4. The zero-order chi connectivity index (χ0) is 12.4. The summed E-state index contributed by atoms with van der Waals surface area (Å²) in [6, 6.07) is 5.42. The summed E-state index contributed by atoms with van der Waals surface area (Å²) in [5, 5.41) is 7.65. The number of anilines is 1. The molecule has 0 fully saturated rings. The number of aldehydes is 1. The number of hydrogen-bond donors (Lipinski definition) is 2. The Labute approximate surface area is 97.4 Å². The van der Waals surface area contributed by atoms with Crippen molar-refractivity contribution < 1.29 is 9.59 Å². The normalized spacial score (nSPS) is 10.4. The van der Waals surface area contributed by atoms with Gasteiger partial charge in [-0.05, 0) is 18.2 Å². The Morgan fingerprint density at radius 1 is 1.59 bits per heavy atom. The molecule has 0 saturated carbocycles. The molecule has 1 aromatic heterocycles. The van der Waals surface area contributed by atoms with E-state index in [0.29, 0.717) is 10.9 Å². The average Bonchev–Trinajstić information content (AvgIpc) is 2.68. The fraction of sp³-hybridized carbons (Fsp3) is 0.182. The molecule has 0 unspecified atom stereocenters. The van der Waals surface area contributed by atoms with E-state index in [-0.39, 0.29) is 12.2 Å². The molecule has 0 aliphatic carbocycles. The SMILES string of the molecule is CNc1ccc2c(c1)c(C(N)=O)nn2CC=O. The first-order valence-electron chi connectivity index (χ1n) is 5.09. The van der Waals surface area contributed by atoms with Crippen molar-refractivity contribution in [2.45, 2.75) is 6.54 Å². The second-order valence-electron chi connectivity index (χ2n) is 3.54. The summed E-state index contributed by atoms with van der Waals surface area (Å²) in [4.78, 5) is 21.8. The summed E-state index contributed by atoms with van der Waals surface area (Å²) < 4.78 is 1.46. The van der Waals surface area contributed by atoms with Crippen LogP contribution in [0.3, 0.4) is 0 Å². The minimum absolute atomic E-state index is 0.0999. The Morgan fingerprint density at radius 2 is 2.35 bits per heavy atom. The van der Waals surface area contributed by atoms with E-state index in [1.54, 1.807) is 19.2 Å². The first-order valence-corrected chi connectivity index (χ1v) is 5.09. The molecule has 6 nitrogen and oxygen atoms in total. The molecule has 0 aliphatic rings. The number of carbonyl (C=O) groups is 2. The van der Waals surface area contributed by atoms with Crippen molar-refractivity contribution in [3.63, 3.8) is 0 Å². The van der Waals surface area contributed by atoms with Crippen molar-refractivity contribution in [2.75, 3.05) is 12.4 Å². The van der Waals surface area contributed by atoms with Gasteiger partial charge in [0.25, 0.3) is 5.91 Å². The second-order valence-corrected chi connectivity index (χ2v) is 3.54. The Morgan fingerprint density at radius 3 is 2.94 bits per heavy atom. The molecule has 1 heterocycles. The predicted molar refractivity (Wildman–Crippen MR) is 63.9 cm³/mol. The molecule has 1 aromatic carbocycles. The highest BCUT2D eigenvalue weighted by molar-refractivity contribution is 6.05. The summed E-state index contributed by atoms with van der Waals surface area (Å²) in [5.41, 5.74) is 7.00. The van der Waals surface area contributed by atoms with Crippen molar-refractivity contribution in [3.05, 3.63) is 23.9 Å². The summed E-state index contributed by atoms with van der Waals surface area (Å²) in [6.07, 6.45) is 0.725. The average molecular weight is 232 g/mol. The Hall–Kier alpha value is -2.37. The van der Waals surface area contributed by atoms with Crippen molar-refractivity contribution in [1.29, 1.82) is 0 Å². The van der Waals surface area contributed by atoms with Gasteiger partial charge < -0.3 is 15.8 Å². The Balaban J connectivity index is 2.71.